The minimum atomic E-state index is -1.10. The van der Waals surface area contributed by atoms with E-state index in [0.29, 0.717) is 55.4 Å². The van der Waals surface area contributed by atoms with Gasteiger partial charge in [0.05, 0.1) is 31.2 Å². The Labute approximate surface area is 163 Å². The normalized spacial score (nSPS) is 19.6. The van der Waals surface area contributed by atoms with Crippen LogP contribution in [0.4, 0.5) is 10.5 Å². The van der Waals surface area contributed by atoms with Crippen molar-refractivity contribution in [1.82, 2.24) is 9.88 Å². The number of aliphatic hydroxyl groups is 2. The number of carbonyl (C=O) groups excluding carboxylic acids is 1. The van der Waals surface area contributed by atoms with Crippen LogP contribution >= 0.6 is 0 Å². The van der Waals surface area contributed by atoms with E-state index in [1.165, 1.54) is 6.20 Å². The van der Waals surface area contributed by atoms with E-state index in [-0.39, 0.29) is 12.6 Å². The van der Waals surface area contributed by atoms with Gasteiger partial charge in [0.1, 0.15) is 11.5 Å². The average Bonchev–Trinajstić information content (AvgIpc) is 2.92. The molecule has 8 nitrogen and oxygen atoms in total. The standard InChI is InChI=1S/C20H25N3O5/c1-27-16-4-2-5-17(12-16)28-18-7-6-15(13-21-18)22-19(25)23-10-3-8-20(26,14-24)9-11-23/h2,4-7,12-13,24,26H,3,8-11,14H2,1H3,(H,22,25)/t20-/m1/s1. The highest BCUT2D eigenvalue weighted by Crippen LogP contribution is 2.25. The summed E-state index contributed by atoms with van der Waals surface area (Å²) in [4.78, 5) is 18.3. The first-order valence-corrected chi connectivity index (χ1v) is 9.18. The molecule has 0 unspecified atom stereocenters. The average molecular weight is 387 g/mol. The number of methoxy groups -OCH3 is 1. The smallest absolute Gasteiger partial charge is 0.321 e. The van der Waals surface area contributed by atoms with Crippen LogP contribution in [0.5, 0.6) is 17.4 Å². The maximum Gasteiger partial charge on any atom is 0.321 e. The lowest BCUT2D eigenvalue weighted by Crippen LogP contribution is -2.38. The van der Waals surface area contributed by atoms with Crippen molar-refractivity contribution in [2.75, 3.05) is 32.1 Å². The number of urea groups is 1. The molecule has 8 heteroatoms. The Morgan fingerprint density at radius 1 is 1.25 bits per heavy atom. The number of ether oxygens (including phenoxy) is 2. The van der Waals surface area contributed by atoms with Crippen molar-refractivity contribution in [2.45, 2.75) is 24.9 Å². The Morgan fingerprint density at radius 2 is 2.07 bits per heavy atom. The highest BCUT2D eigenvalue weighted by molar-refractivity contribution is 5.89. The Hall–Kier alpha value is -2.84. The minimum absolute atomic E-state index is 0.259. The molecule has 1 fully saturated rings. The van der Waals surface area contributed by atoms with Gasteiger partial charge in [-0.05, 0) is 37.5 Å². The number of aromatic nitrogens is 1. The molecular weight excluding hydrogens is 362 g/mol. The largest absolute Gasteiger partial charge is 0.497 e. The Kier molecular flexibility index (Phi) is 6.33. The van der Waals surface area contributed by atoms with Gasteiger partial charge >= 0.3 is 6.03 Å². The van der Waals surface area contributed by atoms with Crippen molar-refractivity contribution in [3.8, 4) is 17.4 Å². The third-order valence-corrected chi connectivity index (χ3v) is 4.75. The number of carbonyl (C=O) groups is 1. The summed E-state index contributed by atoms with van der Waals surface area (Å²) < 4.78 is 10.8. The van der Waals surface area contributed by atoms with Crippen LogP contribution in [-0.4, -0.2) is 58.5 Å². The number of nitrogens with one attached hydrogen (secondary N) is 1. The molecule has 2 aromatic rings. The van der Waals surface area contributed by atoms with Crippen molar-refractivity contribution in [3.05, 3.63) is 42.6 Å². The summed E-state index contributed by atoms with van der Waals surface area (Å²) in [6, 6.07) is 10.3. The molecule has 1 aliphatic heterocycles. The predicted molar refractivity (Wildman–Crippen MR) is 104 cm³/mol. The van der Waals surface area contributed by atoms with Crippen molar-refractivity contribution < 1.29 is 24.5 Å². The highest BCUT2D eigenvalue weighted by Gasteiger charge is 2.30. The van der Waals surface area contributed by atoms with Crippen LogP contribution in [-0.2, 0) is 0 Å². The van der Waals surface area contributed by atoms with Gasteiger partial charge < -0.3 is 29.9 Å². The van der Waals surface area contributed by atoms with E-state index < -0.39 is 5.60 Å². The first kappa shape index (κ1) is 19.9. The highest BCUT2D eigenvalue weighted by atomic mass is 16.5. The molecule has 150 valence electrons. The molecule has 0 radical (unpaired) electrons. The van der Waals surface area contributed by atoms with Crippen LogP contribution in [0.3, 0.4) is 0 Å². The topological polar surface area (TPSA) is 104 Å². The molecule has 28 heavy (non-hydrogen) atoms. The zero-order valence-electron chi connectivity index (χ0n) is 15.8. The van der Waals surface area contributed by atoms with E-state index in [1.807, 2.05) is 12.1 Å². The fraction of sp³-hybridized carbons (Fsp3) is 0.400. The first-order valence-electron chi connectivity index (χ1n) is 9.18. The fourth-order valence-electron chi connectivity index (χ4n) is 3.04. The van der Waals surface area contributed by atoms with Gasteiger partial charge in [0.2, 0.25) is 5.88 Å². The van der Waals surface area contributed by atoms with Crippen LogP contribution in [0.15, 0.2) is 42.6 Å². The van der Waals surface area contributed by atoms with Gasteiger partial charge in [0.15, 0.2) is 0 Å². The molecule has 3 rings (SSSR count). The van der Waals surface area contributed by atoms with Gasteiger partial charge in [0.25, 0.3) is 0 Å². The molecule has 3 N–H and O–H groups in total. The fourth-order valence-corrected chi connectivity index (χ4v) is 3.04. The summed E-state index contributed by atoms with van der Waals surface area (Å²) in [5, 5.41) is 22.3. The summed E-state index contributed by atoms with van der Waals surface area (Å²) in [6.45, 7) is 0.618. The molecule has 0 bridgehead atoms. The number of hydrogen-bond donors (Lipinski definition) is 3. The quantitative estimate of drug-likeness (QED) is 0.729. The van der Waals surface area contributed by atoms with Gasteiger partial charge in [-0.15, -0.1) is 0 Å². The number of pyridine rings is 1. The lowest BCUT2D eigenvalue weighted by molar-refractivity contribution is -0.0247. The molecule has 0 saturated carbocycles. The van der Waals surface area contributed by atoms with Crippen LogP contribution in [0.1, 0.15) is 19.3 Å². The van der Waals surface area contributed by atoms with Gasteiger partial charge in [0, 0.05) is 25.2 Å². The van der Waals surface area contributed by atoms with Gasteiger partial charge in [-0.2, -0.15) is 0 Å². The lowest BCUT2D eigenvalue weighted by atomic mass is 9.96. The number of nitrogens with zero attached hydrogens (tertiary/aromatic N) is 2. The number of likely N-dealkylation sites (tertiary alicyclic amines) is 1. The predicted octanol–water partition coefficient (Wildman–Crippen LogP) is 2.62. The van der Waals surface area contributed by atoms with Crippen LogP contribution in [0, 0.1) is 0 Å². The number of benzene rings is 1. The van der Waals surface area contributed by atoms with Crippen molar-refractivity contribution in [3.63, 3.8) is 0 Å². The van der Waals surface area contributed by atoms with E-state index in [1.54, 1.807) is 36.3 Å². The molecule has 1 aliphatic rings. The monoisotopic (exact) mass is 387 g/mol. The molecule has 1 aromatic heterocycles. The summed E-state index contributed by atoms with van der Waals surface area (Å²) in [6.07, 6.45) is 2.99. The Morgan fingerprint density at radius 3 is 2.79 bits per heavy atom. The molecule has 2 amide bonds. The Bertz CT molecular complexity index is 799. The second kappa shape index (κ2) is 8.90. The summed E-state index contributed by atoms with van der Waals surface area (Å²) >= 11 is 0. The van der Waals surface area contributed by atoms with Crippen molar-refractivity contribution >= 4 is 11.7 Å². The molecule has 1 aromatic carbocycles. The summed E-state index contributed by atoms with van der Waals surface area (Å²) in [7, 11) is 1.59. The van der Waals surface area contributed by atoms with Gasteiger partial charge in [-0.25, -0.2) is 9.78 Å². The molecular formula is C20H25N3O5. The SMILES string of the molecule is COc1cccc(Oc2ccc(NC(=O)N3CCC[C@](O)(CO)CC3)cn2)c1. The number of amides is 2. The zero-order chi connectivity index (χ0) is 20.0. The third-order valence-electron chi connectivity index (χ3n) is 4.75. The minimum Gasteiger partial charge on any atom is -0.497 e. The van der Waals surface area contributed by atoms with Gasteiger partial charge in [-0.3, -0.25) is 0 Å². The Balaban J connectivity index is 1.57. The number of hydrogen-bond acceptors (Lipinski definition) is 6. The molecule has 1 atom stereocenters. The van der Waals surface area contributed by atoms with Gasteiger partial charge in [-0.1, -0.05) is 6.07 Å². The van der Waals surface area contributed by atoms with E-state index in [9.17, 15) is 15.0 Å². The number of anilines is 1. The van der Waals surface area contributed by atoms with Crippen molar-refractivity contribution in [2.24, 2.45) is 0 Å². The van der Waals surface area contributed by atoms with E-state index in [2.05, 4.69) is 10.3 Å². The number of aliphatic hydroxyl groups excluding tert-OH is 1. The third kappa shape index (κ3) is 5.11. The molecule has 2 heterocycles. The zero-order valence-corrected chi connectivity index (χ0v) is 15.8. The maximum absolute atomic E-state index is 12.5. The van der Waals surface area contributed by atoms with Crippen molar-refractivity contribution in [1.29, 1.82) is 0 Å². The molecule has 0 aliphatic carbocycles. The first-order chi connectivity index (χ1) is 13.5. The van der Waals surface area contributed by atoms with Crippen LogP contribution < -0.4 is 14.8 Å². The molecule has 1 saturated heterocycles. The van der Waals surface area contributed by atoms with Crippen LogP contribution in [0.2, 0.25) is 0 Å². The second-order valence-corrected chi connectivity index (χ2v) is 6.82. The number of rotatable bonds is 5. The van der Waals surface area contributed by atoms with Crippen LogP contribution in [0.25, 0.3) is 0 Å². The summed E-state index contributed by atoms with van der Waals surface area (Å²) in [5.74, 6) is 1.69. The molecule has 0 spiro atoms. The second-order valence-electron chi connectivity index (χ2n) is 6.82. The van der Waals surface area contributed by atoms with E-state index in [0.717, 1.165) is 0 Å². The lowest BCUT2D eigenvalue weighted by Gasteiger charge is -2.24. The van der Waals surface area contributed by atoms with E-state index >= 15 is 0 Å². The van der Waals surface area contributed by atoms with E-state index in [4.69, 9.17) is 9.47 Å². The summed E-state index contributed by atoms with van der Waals surface area (Å²) in [5.41, 5.74) is -0.556. The maximum atomic E-state index is 12.5.